The van der Waals surface area contributed by atoms with Crippen molar-refractivity contribution in [3.63, 3.8) is 0 Å². The second kappa shape index (κ2) is 6.03. The molecule has 0 aliphatic heterocycles. The Morgan fingerprint density at radius 1 is 1.41 bits per heavy atom. The van der Waals surface area contributed by atoms with Gasteiger partial charge in [0.05, 0.1) is 0 Å². The van der Waals surface area contributed by atoms with Crippen LogP contribution in [0.2, 0.25) is 0 Å². The Bertz CT molecular complexity index is 431. The van der Waals surface area contributed by atoms with Crippen molar-refractivity contribution in [1.29, 1.82) is 0 Å². The summed E-state index contributed by atoms with van der Waals surface area (Å²) >= 11 is 1.76. The van der Waals surface area contributed by atoms with Crippen LogP contribution in [0.15, 0.2) is 35.3 Å². The number of rotatable bonds is 6. The van der Waals surface area contributed by atoms with Gasteiger partial charge in [-0.15, -0.1) is 0 Å². The average Bonchev–Trinajstić information content (AvgIpc) is 2.98. The highest BCUT2D eigenvalue weighted by molar-refractivity contribution is 7.07. The standard InChI is InChI=1S/C14H20N2S/c1-3-4-14(15-2)13-5-7-16(10-13)9-12-6-8-17-11-12/h5-8,10-11,14-15H,3-4,9H2,1-2H3. The third kappa shape index (κ3) is 3.20. The first-order valence-electron chi connectivity index (χ1n) is 6.17. The molecule has 0 spiro atoms. The van der Waals surface area contributed by atoms with Crippen LogP contribution >= 0.6 is 11.3 Å². The molecule has 2 aromatic rings. The van der Waals surface area contributed by atoms with Gasteiger partial charge in [0.2, 0.25) is 0 Å². The van der Waals surface area contributed by atoms with E-state index >= 15 is 0 Å². The zero-order valence-electron chi connectivity index (χ0n) is 10.5. The summed E-state index contributed by atoms with van der Waals surface area (Å²) in [7, 11) is 2.04. The minimum absolute atomic E-state index is 0.490. The van der Waals surface area contributed by atoms with Gasteiger partial charge in [0, 0.05) is 25.0 Å². The normalized spacial score (nSPS) is 12.8. The molecule has 2 rings (SSSR count). The molecule has 0 aromatic carbocycles. The molecule has 0 radical (unpaired) electrons. The summed E-state index contributed by atoms with van der Waals surface area (Å²) in [4.78, 5) is 0. The van der Waals surface area contributed by atoms with Crippen LogP contribution in [-0.2, 0) is 6.54 Å². The lowest BCUT2D eigenvalue weighted by molar-refractivity contribution is 0.540. The Labute approximate surface area is 107 Å². The molecule has 1 unspecified atom stereocenters. The van der Waals surface area contributed by atoms with Gasteiger partial charge >= 0.3 is 0 Å². The summed E-state index contributed by atoms with van der Waals surface area (Å²) in [6.45, 7) is 3.21. The van der Waals surface area contributed by atoms with Crippen LogP contribution in [0.25, 0.3) is 0 Å². The first kappa shape index (κ1) is 12.4. The largest absolute Gasteiger partial charge is 0.350 e. The van der Waals surface area contributed by atoms with Crippen molar-refractivity contribution in [3.8, 4) is 0 Å². The quantitative estimate of drug-likeness (QED) is 0.825. The average molecular weight is 248 g/mol. The molecular formula is C14H20N2S. The fourth-order valence-corrected chi connectivity index (χ4v) is 2.78. The molecule has 3 heteroatoms. The second-order valence-corrected chi connectivity index (χ2v) is 5.16. The summed E-state index contributed by atoms with van der Waals surface area (Å²) < 4.78 is 2.26. The van der Waals surface area contributed by atoms with E-state index in [4.69, 9.17) is 0 Å². The molecule has 92 valence electrons. The van der Waals surface area contributed by atoms with Gasteiger partial charge in [-0.3, -0.25) is 0 Å². The molecule has 0 saturated carbocycles. The topological polar surface area (TPSA) is 17.0 Å². The highest BCUT2D eigenvalue weighted by Crippen LogP contribution is 2.19. The molecule has 2 nitrogen and oxygen atoms in total. The van der Waals surface area contributed by atoms with Crippen molar-refractivity contribution in [1.82, 2.24) is 9.88 Å². The van der Waals surface area contributed by atoms with E-state index in [1.54, 1.807) is 11.3 Å². The van der Waals surface area contributed by atoms with Crippen molar-refractivity contribution in [2.45, 2.75) is 32.4 Å². The molecule has 1 N–H and O–H groups in total. The van der Waals surface area contributed by atoms with Crippen molar-refractivity contribution >= 4 is 11.3 Å². The van der Waals surface area contributed by atoms with Gasteiger partial charge < -0.3 is 9.88 Å². The highest BCUT2D eigenvalue weighted by Gasteiger charge is 2.09. The zero-order chi connectivity index (χ0) is 12.1. The van der Waals surface area contributed by atoms with E-state index in [2.05, 4.69) is 52.1 Å². The monoisotopic (exact) mass is 248 g/mol. The number of hydrogen-bond acceptors (Lipinski definition) is 2. The molecule has 0 aliphatic carbocycles. The van der Waals surface area contributed by atoms with E-state index in [0.717, 1.165) is 6.54 Å². The van der Waals surface area contributed by atoms with Crippen molar-refractivity contribution in [2.75, 3.05) is 7.05 Å². The number of hydrogen-bond donors (Lipinski definition) is 1. The van der Waals surface area contributed by atoms with Crippen LogP contribution < -0.4 is 5.32 Å². The predicted octanol–water partition coefficient (Wildman–Crippen LogP) is 3.66. The molecule has 0 amide bonds. The summed E-state index contributed by atoms with van der Waals surface area (Å²) in [5.41, 5.74) is 2.78. The van der Waals surface area contributed by atoms with Crippen LogP contribution in [0.1, 0.15) is 36.9 Å². The number of thiophene rings is 1. The molecule has 1 atom stereocenters. The van der Waals surface area contributed by atoms with Crippen LogP contribution in [0, 0.1) is 0 Å². The fourth-order valence-electron chi connectivity index (χ4n) is 2.12. The lowest BCUT2D eigenvalue weighted by Gasteiger charge is -2.13. The van der Waals surface area contributed by atoms with Gasteiger partial charge in [0.1, 0.15) is 0 Å². The van der Waals surface area contributed by atoms with Crippen LogP contribution in [0.4, 0.5) is 0 Å². The summed E-state index contributed by atoms with van der Waals surface area (Å²) in [5, 5.41) is 7.72. The first-order valence-corrected chi connectivity index (χ1v) is 7.11. The third-order valence-electron chi connectivity index (χ3n) is 3.05. The van der Waals surface area contributed by atoms with E-state index in [1.165, 1.54) is 24.0 Å². The number of nitrogens with one attached hydrogen (secondary N) is 1. The first-order chi connectivity index (χ1) is 8.33. The zero-order valence-corrected chi connectivity index (χ0v) is 11.3. The second-order valence-electron chi connectivity index (χ2n) is 4.38. The van der Waals surface area contributed by atoms with Gasteiger partial charge in [-0.25, -0.2) is 0 Å². The molecule has 2 aromatic heterocycles. The Morgan fingerprint density at radius 3 is 2.94 bits per heavy atom. The van der Waals surface area contributed by atoms with E-state index in [0.29, 0.717) is 6.04 Å². The Balaban J connectivity index is 2.04. The van der Waals surface area contributed by atoms with Crippen LogP contribution in [0.5, 0.6) is 0 Å². The Kier molecular flexibility index (Phi) is 4.40. The van der Waals surface area contributed by atoms with Gasteiger partial charge in [-0.2, -0.15) is 11.3 Å². The molecule has 0 bridgehead atoms. The molecule has 0 fully saturated rings. The SMILES string of the molecule is CCCC(NC)c1ccn(Cc2ccsc2)c1. The summed E-state index contributed by atoms with van der Waals surface area (Å²) in [6, 6.07) is 4.90. The van der Waals surface area contributed by atoms with Gasteiger partial charge in [0.15, 0.2) is 0 Å². The molecular weight excluding hydrogens is 228 g/mol. The maximum Gasteiger partial charge on any atom is 0.0478 e. The van der Waals surface area contributed by atoms with E-state index < -0.39 is 0 Å². The lowest BCUT2D eigenvalue weighted by atomic mass is 10.1. The van der Waals surface area contributed by atoms with Gasteiger partial charge in [0.25, 0.3) is 0 Å². The Morgan fingerprint density at radius 2 is 2.29 bits per heavy atom. The summed E-state index contributed by atoms with van der Waals surface area (Å²) in [5.74, 6) is 0. The molecule has 2 heterocycles. The van der Waals surface area contributed by atoms with Crippen molar-refractivity contribution in [3.05, 3.63) is 46.4 Å². The van der Waals surface area contributed by atoms with Crippen molar-refractivity contribution < 1.29 is 0 Å². The van der Waals surface area contributed by atoms with Gasteiger partial charge in [-0.05, 0) is 47.5 Å². The fraction of sp³-hybridized carbons (Fsp3) is 0.429. The minimum atomic E-state index is 0.490. The molecule has 17 heavy (non-hydrogen) atoms. The van der Waals surface area contributed by atoms with Crippen LogP contribution in [-0.4, -0.2) is 11.6 Å². The van der Waals surface area contributed by atoms with Crippen molar-refractivity contribution in [2.24, 2.45) is 0 Å². The van der Waals surface area contributed by atoms with E-state index in [9.17, 15) is 0 Å². The maximum atomic E-state index is 3.38. The predicted molar refractivity (Wildman–Crippen MR) is 74.6 cm³/mol. The van der Waals surface area contributed by atoms with Gasteiger partial charge in [-0.1, -0.05) is 13.3 Å². The molecule has 0 saturated heterocycles. The van der Waals surface area contributed by atoms with Crippen LogP contribution in [0.3, 0.4) is 0 Å². The Hall–Kier alpha value is -1.06. The number of nitrogens with zero attached hydrogens (tertiary/aromatic N) is 1. The lowest BCUT2D eigenvalue weighted by Crippen LogP contribution is -2.15. The minimum Gasteiger partial charge on any atom is -0.350 e. The van der Waals surface area contributed by atoms with E-state index in [1.807, 2.05) is 7.05 Å². The summed E-state index contributed by atoms with van der Waals surface area (Å²) in [6.07, 6.45) is 6.83. The van der Waals surface area contributed by atoms with E-state index in [-0.39, 0.29) is 0 Å². The number of aromatic nitrogens is 1. The highest BCUT2D eigenvalue weighted by atomic mass is 32.1. The maximum absolute atomic E-state index is 3.38. The third-order valence-corrected chi connectivity index (χ3v) is 3.78. The smallest absolute Gasteiger partial charge is 0.0478 e. The molecule has 0 aliphatic rings.